The predicted octanol–water partition coefficient (Wildman–Crippen LogP) is 3.14. The lowest BCUT2D eigenvalue weighted by Gasteiger charge is -1.98. The Balaban J connectivity index is 2.31. The number of carbonyl (C=O) groups excluding carboxylic acids is 1. The van der Waals surface area contributed by atoms with Crippen molar-refractivity contribution in [3.8, 4) is 6.07 Å². The first-order valence-corrected chi connectivity index (χ1v) is 5.84. The van der Waals surface area contributed by atoms with E-state index in [4.69, 9.17) is 9.68 Å². The van der Waals surface area contributed by atoms with Crippen LogP contribution in [0.25, 0.3) is 11.1 Å². The molecule has 0 aliphatic carbocycles. The van der Waals surface area contributed by atoms with Crippen molar-refractivity contribution < 1.29 is 9.21 Å². The van der Waals surface area contributed by atoms with Crippen LogP contribution in [0.15, 0.2) is 53.0 Å². The topological polar surface area (TPSA) is 66.9 Å². The van der Waals surface area contributed by atoms with Crippen LogP contribution in [0.2, 0.25) is 0 Å². The summed E-state index contributed by atoms with van der Waals surface area (Å²) in [6.07, 6.45) is 6.46. The van der Waals surface area contributed by atoms with E-state index in [1.165, 1.54) is 6.08 Å². The maximum Gasteiger partial charge on any atom is 0.220 e. The third kappa shape index (κ3) is 2.78. The number of allylic oxidation sites excluding steroid dienone is 4. The SMILES string of the molecule is C/C=C/C=C\C(=O)[C@@H](C#N)c1nc2ccccc2o1. The van der Waals surface area contributed by atoms with E-state index in [1.54, 1.807) is 30.4 Å². The Hall–Kier alpha value is -2.67. The zero-order valence-electron chi connectivity index (χ0n) is 10.4. The van der Waals surface area contributed by atoms with Gasteiger partial charge in [0.15, 0.2) is 17.3 Å². The third-order valence-electron chi connectivity index (χ3n) is 2.54. The van der Waals surface area contributed by atoms with E-state index in [1.807, 2.05) is 25.1 Å². The van der Waals surface area contributed by atoms with E-state index in [2.05, 4.69) is 4.98 Å². The highest BCUT2D eigenvalue weighted by molar-refractivity contribution is 5.97. The second-order valence-corrected chi connectivity index (χ2v) is 3.87. The van der Waals surface area contributed by atoms with Gasteiger partial charge in [-0.05, 0) is 25.1 Å². The number of nitrogens with zero attached hydrogens (tertiary/aromatic N) is 2. The number of rotatable bonds is 4. The Morgan fingerprint density at radius 2 is 2.21 bits per heavy atom. The molecule has 19 heavy (non-hydrogen) atoms. The average Bonchev–Trinajstić information content (AvgIpc) is 2.83. The molecule has 1 aromatic carbocycles. The number of fused-ring (bicyclic) bond motifs is 1. The first-order chi connectivity index (χ1) is 9.26. The number of benzene rings is 1. The van der Waals surface area contributed by atoms with E-state index in [0.717, 1.165) is 0 Å². The summed E-state index contributed by atoms with van der Waals surface area (Å²) in [5, 5.41) is 9.11. The van der Waals surface area contributed by atoms with Gasteiger partial charge in [-0.1, -0.05) is 30.4 Å². The molecule has 0 bridgehead atoms. The van der Waals surface area contributed by atoms with Crippen molar-refractivity contribution in [1.29, 1.82) is 5.26 Å². The number of para-hydroxylation sites is 2. The molecule has 0 unspecified atom stereocenters. The molecule has 0 aliphatic heterocycles. The van der Waals surface area contributed by atoms with Gasteiger partial charge in [0.1, 0.15) is 5.52 Å². The third-order valence-corrected chi connectivity index (χ3v) is 2.54. The molecular formula is C15H12N2O2. The molecule has 4 heteroatoms. The number of ketones is 1. The molecule has 94 valence electrons. The minimum Gasteiger partial charge on any atom is -0.439 e. The Kier molecular flexibility index (Phi) is 3.89. The molecule has 0 saturated heterocycles. The fourth-order valence-corrected chi connectivity index (χ4v) is 1.61. The van der Waals surface area contributed by atoms with Gasteiger partial charge >= 0.3 is 0 Å². The van der Waals surface area contributed by atoms with Gasteiger partial charge in [0, 0.05) is 0 Å². The fraction of sp³-hybridized carbons (Fsp3) is 0.133. The molecule has 1 heterocycles. The Labute approximate surface area is 110 Å². The average molecular weight is 252 g/mol. The monoisotopic (exact) mass is 252 g/mol. The van der Waals surface area contributed by atoms with E-state index in [9.17, 15) is 4.79 Å². The standard InChI is InChI=1S/C15H12N2O2/c1-2-3-4-8-13(18)11(10-16)15-17-12-7-5-6-9-14(12)19-15/h2-9,11H,1H3/b3-2+,8-4-/t11-/m1/s1. The highest BCUT2D eigenvalue weighted by Crippen LogP contribution is 2.22. The van der Waals surface area contributed by atoms with Crippen LogP contribution in [0, 0.1) is 11.3 Å². The van der Waals surface area contributed by atoms with Gasteiger partial charge in [0.25, 0.3) is 0 Å². The summed E-state index contributed by atoms with van der Waals surface area (Å²) in [7, 11) is 0. The lowest BCUT2D eigenvalue weighted by molar-refractivity contribution is -0.115. The van der Waals surface area contributed by atoms with Crippen LogP contribution in [-0.2, 0) is 4.79 Å². The molecule has 0 amide bonds. The Morgan fingerprint density at radius 1 is 1.42 bits per heavy atom. The fourth-order valence-electron chi connectivity index (χ4n) is 1.61. The predicted molar refractivity (Wildman–Crippen MR) is 71.3 cm³/mol. The normalized spacial score (nSPS) is 13.1. The number of oxazole rings is 1. The highest BCUT2D eigenvalue weighted by Gasteiger charge is 2.23. The maximum atomic E-state index is 11.9. The van der Waals surface area contributed by atoms with E-state index < -0.39 is 5.92 Å². The van der Waals surface area contributed by atoms with Crippen LogP contribution in [0.4, 0.5) is 0 Å². The summed E-state index contributed by atoms with van der Waals surface area (Å²) in [6, 6.07) is 9.09. The lowest BCUT2D eigenvalue weighted by Crippen LogP contribution is -2.07. The van der Waals surface area contributed by atoms with Gasteiger partial charge < -0.3 is 4.42 Å². The van der Waals surface area contributed by atoms with Crippen LogP contribution in [0.3, 0.4) is 0 Å². The largest absolute Gasteiger partial charge is 0.439 e. The second-order valence-electron chi connectivity index (χ2n) is 3.87. The zero-order valence-corrected chi connectivity index (χ0v) is 10.4. The summed E-state index contributed by atoms with van der Waals surface area (Å²) in [6.45, 7) is 1.84. The molecule has 0 spiro atoms. The van der Waals surface area contributed by atoms with Crippen molar-refractivity contribution in [2.24, 2.45) is 0 Å². The first kappa shape index (κ1) is 12.8. The number of hydrogen-bond donors (Lipinski definition) is 0. The van der Waals surface area contributed by atoms with Crippen molar-refractivity contribution in [3.05, 3.63) is 54.5 Å². The van der Waals surface area contributed by atoms with Crippen LogP contribution in [0.1, 0.15) is 18.7 Å². The van der Waals surface area contributed by atoms with Gasteiger partial charge in [-0.15, -0.1) is 0 Å². The number of hydrogen-bond acceptors (Lipinski definition) is 4. The summed E-state index contributed by atoms with van der Waals surface area (Å²) in [4.78, 5) is 16.1. The van der Waals surface area contributed by atoms with Gasteiger partial charge in [0.2, 0.25) is 5.89 Å². The van der Waals surface area contributed by atoms with Crippen molar-refractivity contribution in [1.82, 2.24) is 4.98 Å². The van der Waals surface area contributed by atoms with E-state index >= 15 is 0 Å². The maximum absolute atomic E-state index is 11.9. The molecule has 0 aliphatic rings. The number of nitriles is 1. The molecule has 0 saturated carbocycles. The van der Waals surface area contributed by atoms with Crippen LogP contribution in [0.5, 0.6) is 0 Å². The smallest absolute Gasteiger partial charge is 0.220 e. The molecule has 0 N–H and O–H groups in total. The van der Waals surface area contributed by atoms with Crippen molar-refractivity contribution in [3.63, 3.8) is 0 Å². The minimum absolute atomic E-state index is 0.138. The van der Waals surface area contributed by atoms with Crippen molar-refractivity contribution in [2.45, 2.75) is 12.8 Å². The van der Waals surface area contributed by atoms with E-state index in [-0.39, 0.29) is 11.7 Å². The molecule has 4 nitrogen and oxygen atoms in total. The van der Waals surface area contributed by atoms with E-state index in [0.29, 0.717) is 11.1 Å². The van der Waals surface area contributed by atoms with Crippen molar-refractivity contribution >= 4 is 16.9 Å². The van der Waals surface area contributed by atoms with Gasteiger partial charge in [-0.2, -0.15) is 5.26 Å². The molecular weight excluding hydrogens is 240 g/mol. The molecule has 2 aromatic rings. The minimum atomic E-state index is -1.01. The molecule has 1 atom stereocenters. The number of carbonyl (C=O) groups is 1. The summed E-state index contributed by atoms with van der Waals surface area (Å²) in [5.41, 5.74) is 1.21. The Morgan fingerprint density at radius 3 is 2.89 bits per heavy atom. The second kappa shape index (κ2) is 5.78. The van der Waals surface area contributed by atoms with Crippen molar-refractivity contribution in [2.75, 3.05) is 0 Å². The van der Waals surface area contributed by atoms with Crippen LogP contribution < -0.4 is 0 Å². The summed E-state index contributed by atoms with van der Waals surface area (Å²) >= 11 is 0. The molecule has 0 fully saturated rings. The highest BCUT2D eigenvalue weighted by atomic mass is 16.3. The van der Waals surface area contributed by atoms with Gasteiger partial charge in [0.05, 0.1) is 6.07 Å². The Bertz CT molecular complexity index is 656. The van der Waals surface area contributed by atoms with Gasteiger partial charge in [-0.3, -0.25) is 4.79 Å². The summed E-state index contributed by atoms with van der Waals surface area (Å²) in [5.74, 6) is -1.21. The van der Waals surface area contributed by atoms with Gasteiger partial charge in [-0.25, -0.2) is 4.98 Å². The first-order valence-electron chi connectivity index (χ1n) is 5.84. The molecule has 2 rings (SSSR count). The zero-order chi connectivity index (χ0) is 13.7. The quantitative estimate of drug-likeness (QED) is 0.619. The van der Waals surface area contributed by atoms with Crippen LogP contribution >= 0.6 is 0 Å². The number of aromatic nitrogens is 1. The molecule has 0 radical (unpaired) electrons. The summed E-state index contributed by atoms with van der Waals surface area (Å²) < 4.78 is 5.44. The van der Waals surface area contributed by atoms with Crippen LogP contribution in [-0.4, -0.2) is 10.8 Å². The molecule has 1 aromatic heterocycles. The lowest BCUT2D eigenvalue weighted by atomic mass is 10.1.